The van der Waals surface area contributed by atoms with E-state index in [9.17, 15) is 4.79 Å². The van der Waals surface area contributed by atoms with Gasteiger partial charge in [0, 0.05) is 18.1 Å². The Labute approximate surface area is 167 Å². The van der Waals surface area contributed by atoms with E-state index in [2.05, 4.69) is 0 Å². The first-order valence-corrected chi connectivity index (χ1v) is 9.62. The van der Waals surface area contributed by atoms with Crippen LogP contribution in [0.5, 0.6) is 17.2 Å². The van der Waals surface area contributed by atoms with E-state index in [0.29, 0.717) is 35.3 Å². The fourth-order valence-electron chi connectivity index (χ4n) is 3.37. The van der Waals surface area contributed by atoms with Gasteiger partial charge in [-0.25, -0.2) is 0 Å². The molecule has 2 heterocycles. The van der Waals surface area contributed by atoms with Crippen molar-refractivity contribution in [1.82, 2.24) is 4.90 Å². The SMILES string of the molecule is CCC(Oc1ccc(Cl)cc1Cl)C(=O)N1CCc2cc3c(cc2C1)OCO3. The van der Waals surface area contributed by atoms with Gasteiger partial charge >= 0.3 is 0 Å². The molecule has 2 aliphatic heterocycles. The van der Waals surface area contributed by atoms with Gasteiger partial charge in [-0.1, -0.05) is 30.1 Å². The molecule has 7 heteroatoms. The van der Waals surface area contributed by atoms with Crippen molar-refractivity contribution in [3.63, 3.8) is 0 Å². The quantitative estimate of drug-likeness (QED) is 0.750. The van der Waals surface area contributed by atoms with Crippen molar-refractivity contribution in [2.45, 2.75) is 32.4 Å². The molecule has 142 valence electrons. The van der Waals surface area contributed by atoms with Gasteiger partial charge in [0.2, 0.25) is 6.79 Å². The Morgan fingerprint density at radius 1 is 1.19 bits per heavy atom. The zero-order valence-corrected chi connectivity index (χ0v) is 16.3. The smallest absolute Gasteiger partial charge is 0.263 e. The molecule has 1 amide bonds. The minimum Gasteiger partial charge on any atom is -0.479 e. The van der Waals surface area contributed by atoms with E-state index in [-0.39, 0.29) is 12.7 Å². The molecule has 5 nitrogen and oxygen atoms in total. The van der Waals surface area contributed by atoms with E-state index in [4.69, 9.17) is 37.4 Å². The Morgan fingerprint density at radius 3 is 2.63 bits per heavy atom. The Hall–Kier alpha value is -2.11. The molecule has 0 radical (unpaired) electrons. The Balaban J connectivity index is 1.50. The zero-order chi connectivity index (χ0) is 19.0. The van der Waals surface area contributed by atoms with Crippen LogP contribution in [0.4, 0.5) is 0 Å². The number of halogens is 2. The summed E-state index contributed by atoms with van der Waals surface area (Å²) in [7, 11) is 0. The number of nitrogens with zero attached hydrogens (tertiary/aromatic N) is 1. The maximum Gasteiger partial charge on any atom is 0.263 e. The van der Waals surface area contributed by atoms with Crippen molar-refractivity contribution in [3.8, 4) is 17.2 Å². The second-order valence-electron chi connectivity index (χ2n) is 6.57. The molecular weight excluding hydrogens is 389 g/mol. The third-order valence-electron chi connectivity index (χ3n) is 4.83. The molecule has 0 N–H and O–H groups in total. The molecule has 0 fully saturated rings. The minimum atomic E-state index is -0.598. The third-order valence-corrected chi connectivity index (χ3v) is 5.36. The third kappa shape index (κ3) is 3.66. The van der Waals surface area contributed by atoms with Crippen LogP contribution < -0.4 is 14.2 Å². The van der Waals surface area contributed by atoms with Crippen molar-refractivity contribution in [3.05, 3.63) is 51.5 Å². The van der Waals surface area contributed by atoms with Gasteiger partial charge in [0.25, 0.3) is 5.91 Å². The van der Waals surface area contributed by atoms with E-state index < -0.39 is 6.10 Å². The number of benzene rings is 2. The van der Waals surface area contributed by atoms with E-state index in [1.807, 2.05) is 24.0 Å². The Bertz CT molecular complexity index is 887. The van der Waals surface area contributed by atoms with E-state index in [1.165, 1.54) is 5.56 Å². The molecule has 0 aliphatic carbocycles. The lowest BCUT2D eigenvalue weighted by Crippen LogP contribution is -2.44. The minimum absolute atomic E-state index is 0.0492. The number of ether oxygens (including phenoxy) is 3. The van der Waals surface area contributed by atoms with Gasteiger partial charge in [-0.05, 0) is 54.3 Å². The number of amides is 1. The standard InChI is InChI=1S/C20H19Cl2NO4/c1-2-16(27-17-4-3-14(21)9-15(17)22)20(24)23-6-5-12-7-18-19(26-11-25-18)8-13(12)10-23/h3-4,7-9,16H,2,5-6,10-11H2,1H3. The van der Waals surface area contributed by atoms with E-state index in [1.54, 1.807) is 18.2 Å². The number of hydrogen-bond donors (Lipinski definition) is 0. The summed E-state index contributed by atoms with van der Waals surface area (Å²) < 4.78 is 16.8. The number of rotatable bonds is 4. The lowest BCUT2D eigenvalue weighted by atomic mass is 9.98. The summed E-state index contributed by atoms with van der Waals surface area (Å²) in [6.45, 7) is 3.33. The van der Waals surface area contributed by atoms with Crippen LogP contribution in [0.15, 0.2) is 30.3 Å². The molecule has 2 aromatic rings. The molecule has 4 rings (SSSR count). The summed E-state index contributed by atoms with van der Waals surface area (Å²) in [5.74, 6) is 1.92. The molecule has 2 aromatic carbocycles. The monoisotopic (exact) mass is 407 g/mol. The summed E-state index contributed by atoms with van der Waals surface area (Å²) in [5, 5.41) is 0.920. The van der Waals surface area contributed by atoms with Gasteiger partial charge in [-0.3, -0.25) is 4.79 Å². The fraction of sp³-hybridized carbons (Fsp3) is 0.350. The van der Waals surface area contributed by atoms with E-state index >= 15 is 0 Å². The van der Waals surface area contributed by atoms with E-state index in [0.717, 1.165) is 23.5 Å². The van der Waals surface area contributed by atoms with Crippen LogP contribution in [-0.4, -0.2) is 30.2 Å². The highest BCUT2D eigenvalue weighted by molar-refractivity contribution is 6.35. The first kappa shape index (κ1) is 18.3. The largest absolute Gasteiger partial charge is 0.479 e. The first-order chi connectivity index (χ1) is 13.0. The number of hydrogen-bond acceptors (Lipinski definition) is 4. The maximum atomic E-state index is 13.0. The molecule has 1 unspecified atom stereocenters. The van der Waals surface area contributed by atoms with Crippen LogP contribution >= 0.6 is 23.2 Å². The Kier molecular flexibility index (Phi) is 5.06. The molecule has 0 bridgehead atoms. The van der Waals surface area contributed by atoms with Crippen molar-refractivity contribution in [1.29, 1.82) is 0 Å². The lowest BCUT2D eigenvalue weighted by Gasteiger charge is -2.32. The first-order valence-electron chi connectivity index (χ1n) is 8.87. The van der Waals surface area contributed by atoms with Gasteiger partial charge in [-0.15, -0.1) is 0 Å². The van der Waals surface area contributed by atoms with Crippen LogP contribution in [-0.2, 0) is 17.8 Å². The number of fused-ring (bicyclic) bond motifs is 2. The van der Waals surface area contributed by atoms with Gasteiger partial charge in [-0.2, -0.15) is 0 Å². The lowest BCUT2D eigenvalue weighted by molar-refractivity contribution is -0.139. The summed E-state index contributed by atoms with van der Waals surface area (Å²) >= 11 is 12.1. The van der Waals surface area contributed by atoms with Crippen molar-refractivity contribution in [2.75, 3.05) is 13.3 Å². The zero-order valence-electron chi connectivity index (χ0n) is 14.8. The molecule has 2 aliphatic rings. The van der Waals surface area contributed by atoms with Crippen molar-refractivity contribution >= 4 is 29.1 Å². The average Bonchev–Trinajstić information content (AvgIpc) is 3.12. The van der Waals surface area contributed by atoms with Crippen LogP contribution in [0.1, 0.15) is 24.5 Å². The summed E-state index contributed by atoms with van der Waals surface area (Å²) in [5.41, 5.74) is 2.27. The van der Waals surface area contributed by atoms with Crippen LogP contribution in [0.2, 0.25) is 10.0 Å². The fourth-order valence-corrected chi connectivity index (χ4v) is 3.82. The van der Waals surface area contributed by atoms with Gasteiger partial charge in [0.15, 0.2) is 17.6 Å². The number of carbonyl (C=O) groups excluding carboxylic acids is 1. The van der Waals surface area contributed by atoms with Crippen molar-refractivity contribution in [2.24, 2.45) is 0 Å². The van der Waals surface area contributed by atoms with Gasteiger partial charge < -0.3 is 19.1 Å². The highest BCUT2D eigenvalue weighted by Crippen LogP contribution is 2.37. The van der Waals surface area contributed by atoms with Crippen molar-refractivity contribution < 1.29 is 19.0 Å². The van der Waals surface area contributed by atoms with Crippen LogP contribution in [0, 0.1) is 0 Å². The highest BCUT2D eigenvalue weighted by Gasteiger charge is 2.29. The Morgan fingerprint density at radius 2 is 1.93 bits per heavy atom. The maximum absolute atomic E-state index is 13.0. The summed E-state index contributed by atoms with van der Waals surface area (Å²) in [6.07, 6.45) is 0.720. The molecule has 0 saturated carbocycles. The second-order valence-corrected chi connectivity index (χ2v) is 7.42. The topological polar surface area (TPSA) is 48.0 Å². The summed E-state index contributed by atoms with van der Waals surface area (Å²) in [4.78, 5) is 14.9. The molecule has 0 spiro atoms. The molecule has 1 atom stereocenters. The van der Waals surface area contributed by atoms with Crippen LogP contribution in [0.25, 0.3) is 0 Å². The predicted octanol–water partition coefficient (Wildman–Crippen LogP) is 4.46. The van der Waals surface area contributed by atoms with Gasteiger partial charge in [0.05, 0.1) is 5.02 Å². The number of carbonyl (C=O) groups is 1. The molecule has 0 saturated heterocycles. The average molecular weight is 408 g/mol. The van der Waals surface area contributed by atoms with Crippen LogP contribution in [0.3, 0.4) is 0 Å². The molecular formula is C20H19Cl2NO4. The van der Waals surface area contributed by atoms with Gasteiger partial charge in [0.1, 0.15) is 5.75 Å². The summed E-state index contributed by atoms with van der Waals surface area (Å²) in [6, 6.07) is 8.97. The predicted molar refractivity (Wildman–Crippen MR) is 103 cm³/mol. The normalized spacial score (nSPS) is 16.0. The molecule has 27 heavy (non-hydrogen) atoms. The highest BCUT2D eigenvalue weighted by atomic mass is 35.5. The molecule has 0 aromatic heterocycles. The second kappa shape index (κ2) is 7.49.